The molecule has 1 aromatic rings. The van der Waals surface area contributed by atoms with Crippen molar-refractivity contribution in [3.05, 3.63) is 29.8 Å². The molecule has 3 rings (SSSR count). The van der Waals surface area contributed by atoms with Gasteiger partial charge >= 0.3 is 0 Å². The van der Waals surface area contributed by atoms with Gasteiger partial charge in [0.1, 0.15) is 12.4 Å². The van der Waals surface area contributed by atoms with Crippen molar-refractivity contribution in [2.75, 3.05) is 26.7 Å². The first-order chi connectivity index (χ1) is 9.25. The average molecular weight is 260 g/mol. The third kappa shape index (κ3) is 2.45. The van der Waals surface area contributed by atoms with Crippen LogP contribution < -0.4 is 10.1 Å². The Bertz CT molecular complexity index is 469. The van der Waals surface area contributed by atoms with Crippen LogP contribution in [0.3, 0.4) is 0 Å². The Labute approximate surface area is 113 Å². The zero-order chi connectivity index (χ0) is 13.2. The van der Waals surface area contributed by atoms with E-state index in [-0.39, 0.29) is 11.8 Å². The number of benzene rings is 1. The molecule has 4 heteroatoms. The summed E-state index contributed by atoms with van der Waals surface area (Å²) in [6.07, 6.45) is 1.84. The second kappa shape index (κ2) is 5.21. The van der Waals surface area contributed by atoms with E-state index >= 15 is 0 Å². The second-order valence-electron chi connectivity index (χ2n) is 5.42. The maximum atomic E-state index is 12.5. The Balaban J connectivity index is 1.68. The highest BCUT2D eigenvalue weighted by Crippen LogP contribution is 2.28. The van der Waals surface area contributed by atoms with E-state index in [4.69, 9.17) is 4.74 Å². The van der Waals surface area contributed by atoms with E-state index in [9.17, 15) is 4.79 Å². The van der Waals surface area contributed by atoms with Gasteiger partial charge in [0.25, 0.3) is 0 Å². The molecule has 4 nitrogen and oxygen atoms in total. The van der Waals surface area contributed by atoms with Crippen molar-refractivity contribution in [3.63, 3.8) is 0 Å². The number of likely N-dealkylation sites (N-methyl/N-ethyl adjacent to an activating group) is 1. The minimum absolute atomic E-state index is 0.0412. The minimum atomic E-state index is -0.0412. The number of nitrogens with zero attached hydrogens (tertiary/aromatic N) is 1. The molecule has 0 aromatic heterocycles. The second-order valence-corrected chi connectivity index (χ2v) is 5.42. The van der Waals surface area contributed by atoms with E-state index in [1.165, 1.54) is 0 Å². The third-order valence-corrected chi connectivity index (χ3v) is 4.16. The molecule has 2 aliphatic rings. The monoisotopic (exact) mass is 260 g/mol. The molecule has 2 aliphatic heterocycles. The van der Waals surface area contributed by atoms with Gasteiger partial charge in [-0.25, -0.2) is 0 Å². The number of fused-ring (bicyclic) bond motifs is 1. The normalized spacial score (nSPS) is 25.5. The van der Waals surface area contributed by atoms with Crippen molar-refractivity contribution in [3.8, 4) is 5.75 Å². The largest absolute Gasteiger partial charge is 0.492 e. The van der Waals surface area contributed by atoms with Gasteiger partial charge in [0.2, 0.25) is 5.91 Å². The number of hydrogen-bond donors (Lipinski definition) is 1. The Hall–Kier alpha value is -1.55. The first-order valence-electron chi connectivity index (χ1n) is 6.94. The molecule has 1 saturated heterocycles. The molecule has 2 heterocycles. The summed E-state index contributed by atoms with van der Waals surface area (Å²) in [5, 5.41) is 3.30. The van der Waals surface area contributed by atoms with Crippen LogP contribution in [-0.4, -0.2) is 43.6 Å². The fourth-order valence-corrected chi connectivity index (χ4v) is 2.92. The molecule has 19 heavy (non-hydrogen) atoms. The standard InChI is InChI=1S/C15H20N2O2/c1-17(13-6-7-16-9-13)15(18)12-8-11-4-2-3-5-14(11)19-10-12/h2-5,12-13,16H,6-10H2,1H3. The SMILES string of the molecule is CN(C(=O)C1COc2ccccc2C1)C1CCNC1. The first-order valence-corrected chi connectivity index (χ1v) is 6.94. The fraction of sp³-hybridized carbons (Fsp3) is 0.533. The highest BCUT2D eigenvalue weighted by Gasteiger charge is 2.31. The number of carbonyl (C=O) groups excluding carboxylic acids is 1. The summed E-state index contributed by atoms with van der Waals surface area (Å²) in [5.41, 5.74) is 1.14. The molecular formula is C15H20N2O2. The molecule has 0 bridgehead atoms. The van der Waals surface area contributed by atoms with E-state index in [0.717, 1.165) is 37.2 Å². The zero-order valence-corrected chi connectivity index (χ0v) is 11.3. The van der Waals surface area contributed by atoms with E-state index in [2.05, 4.69) is 5.32 Å². The predicted molar refractivity (Wildman–Crippen MR) is 73.2 cm³/mol. The molecule has 1 N–H and O–H groups in total. The van der Waals surface area contributed by atoms with Gasteiger partial charge in [0.15, 0.2) is 0 Å². The molecule has 1 amide bonds. The number of nitrogens with one attached hydrogen (secondary N) is 1. The van der Waals surface area contributed by atoms with Crippen LogP contribution in [0.15, 0.2) is 24.3 Å². The number of amides is 1. The van der Waals surface area contributed by atoms with Crippen LogP contribution in [0.5, 0.6) is 5.75 Å². The van der Waals surface area contributed by atoms with E-state index < -0.39 is 0 Å². The van der Waals surface area contributed by atoms with E-state index in [1.807, 2.05) is 36.2 Å². The lowest BCUT2D eigenvalue weighted by Crippen LogP contribution is -2.44. The molecule has 102 valence electrons. The Morgan fingerprint density at radius 2 is 2.26 bits per heavy atom. The summed E-state index contributed by atoms with van der Waals surface area (Å²) < 4.78 is 5.71. The molecular weight excluding hydrogens is 240 g/mol. The average Bonchev–Trinajstić information content (AvgIpc) is 2.99. The Kier molecular flexibility index (Phi) is 3.42. The molecule has 2 unspecified atom stereocenters. The van der Waals surface area contributed by atoms with Crippen LogP contribution in [0, 0.1) is 5.92 Å². The number of para-hydroxylation sites is 1. The molecule has 1 fully saturated rings. The van der Waals surface area contributed by atoms with Gasteiger partial charge in [0.05, 0.1) is 5.92 Å². The maximum Gasteiger partial charge on any atom is 0.229 e. The molecule has 0 spiro atoms. The third-order valence-electron chi connectivity index (χ3n) is 4.16. The molecule has 1 aromatic carbocycles. The fourth-order valence-electron chi connectivity index (χ4n) is 2.92. The van der Waals surface area contributed by atoms with Gasteiger partial charge in [-0.15, -0.1) is 0 Å². The topological polar surface area (TPSA) is 41.6 Å². The van der Waals surface area contributed by atoms with Gasteiger partial charge in [0, 0.05) is 19.6 Å². The summed E-state index contributed by atoms with van der Waals surface area (Å²) in [6, 6.07) is 8.33. The van der Waals surface area contributed by atoms with Crippen LogP contribution in [0.25, 0.3) is 0 Å². The van der Waals surface area contributed by atoms with Crippen molar-refractivity contribution in [2.45, 2.75) is 18.9 Å². The summed E-state index contributed by atoms with van der Waals surface area (Å²) in [6.45, 7) is 2.42. The maximum absolute atomic E-state index is 12.5. The van der Waals surface area contributed by atoms with E-state index in [0.29, 0.717) is 12.6 Å². The van der Waals surface area contributed by atoms with Crippen LogP contribution in [0.1, 0.15) is 12.0 Å². The van der Waals surface area contributed by atoms with E-state index in [1.54, 1.807) is 0 Å². The van der Waals surface area contributed by atoms with Gasteiger partial charge < -0.3 is 15.0 Å². The zero-order valence-electron chi connectivity index (χ0n) is 11.3. The number of hydrogen-bond acceptors (Lipinski definition) is 3. The summed E-state index contributed by atoms with van der Waals surface area (Å²) in [7, 11) is 1.92. The summed E-state index contributed by atoms with van der Waals surface area (Å²) in [5.74, 6) is 1.10. The molecule has 2 atom stereocenters. The number of rotatable bonds is 2. The van der Waals surface area contributed by atoms with Crippen molar-refractivity contribution >= 4 is 5.91 Å². The van der Waals surface area contributed by atoms with Gasteiger partial charge in [-0.3, -0.25) is 4.79 Å². The Morgan fingerprint density at radius 3 is 3.05 bits per heavy atom. The molecule has 0 aliphatic carbocycles. The summed E-state index contributed by atoms with van der Waals surface area (Å²) >= 11 is 0. The number of carbonyl (C=O) groups is 1. The molecule has 0 saturated carbocycles. The minimum Gasteiger partial charge on any atom is -0.492 e. The van der Waals surface area contributed by atoms with Crippen LogP contribution >= 0.6 is 0 Å². The van der Waals surface area contributed by atoms with Crippen LogP contribution in [0.4, 0.5) is 0 Å². The number of ether oxygens (including phenoxy) is 1. The van der Waals surface area contributed by atoms with Crippen molar-refractivity contribution in [1.82, 2.24) is 10.2 Å². The molecule has 0 radical (unpaired) electrons. The van der Waals surface area contributed by atoms with Crippen molar-refractivity contribution < 1.29 is 9.53 Å². The summed E-state index contributed by atoms with van der Waals surface area (Å²) in [4.78, 5) is 14.4. The van der Waals surface area contributed by atoms with Gasteiger partial charge in [-0.1, -0.05) is 18.2 Å². The highest BCUT2D eigenvalue weighted by atomic mass is 16.5. The lowest BCUT2D eigenvalue weighted by molar-refractivity contribution is -0.137. The van der Waals surface area contributed by atoms with Crippen molar-refractivity contribution in [1.29, 1.82) is 0 Å². The predicted octanol–water partition coefficient (Wildman–Crippen LogP) is 1.06. The van der Waals surface area contributed by atoms with Gasteiger partial charge in [-0.2, -0.15) is 0 Å². The smallest absolute Gasteiger partial charge is 0.229 e. The first kappa shape index (κ1) is 12.5. The quantitative estimate of drug-likeness (QED) is 0.864. The Morgan fingerprint density at radius 1 is 1.42 bits per heavy atom. The lowest BCUT2D eigenvalue weighted by atomic mass is 9.95. The van der Waals surface area contributed by atoms with Crippen LogP contribution in [-0.2, 0) is 11.2 Å². The van der Waals surface area contributed by atoms with Crippen LogP contribution in [0.2, 0.25) is 0 Å². The highest BCUT2D eigenvalue weighted by molar-refractivity contribution is 5.80. The van der Waals surface area contributed by atoms with Crippen molar-refractivity contribution in [2.24, 2.45) is 5.92 Å². The van der Waals surface area contributed by atoms with Gasteiger partial charge in [-0.05, 0) is 31.0 Å². The lowest BCUT2D eigenvalue weighted by Gasteiger charge is -2.31.